The molecule has 1 saturated carbocycles. The molecule has 2 aliphatic rings. The Morgan fingerprint density at radius 2 is 1.57 bits per heavy atom. The molecule has 0 aromatic heterocycles. The van der Waals surface area contributed by atoms with E-state index < -0.39 is 11.6 Å². The number of rotatable bonds is 14. The molecule has 1 heterocycles. The van der Waals surface area contributed by atoms with Crippen LogP contribution in [0.1, 0.15) is 66.9 Å². The molecular formula is C40H43N5O4. The summed E-state index contributed by atoms with van der Waals surface area (Å²) in [5.41, 5.74) is 13.2. The Morgan fingerprint density at radius 3 is 2.29 bits per heavy atom. The number of nitrogens with zero attached hydrogens (tertiary/aromatic N) is 4. The summed E-state index contributed by atoms with van der Waals surface area (Å²) in [6.45, 7) is 1.23. The predicted molar refractivity (Wildman–Crippen MR) is 191 cm³/mol. The number of ether oxygens (including phenoxy) is 2. The quantitative estimate of drug-likeness (QED) is 0.0614. The molecule has 2 atom stereocenters. The van der Waals surface area contributed by atoms with Crippen LogP contribution in [0, 0.1) is 5.92 Å². The highest BCUT2D eigenvalue weighted by Gasteiger charge is 2.53. The zero-order valence-electron chi connectivity index (χ0n) is 27.7. The standard InChI is InChI=1S/C40H43N5O4/c41-45-43-28-35-15-8-7-14-34(35)26-40(39(47)42-27-29-10-3-1-4-11-29)37(32-18-16-31(17-19-32)30-12-5-2-6-13-30)49-38(44-40)33-20-22-36(23-21-33)48-25-9-24-46/h2,5-8,12-23,29,37,46H,1,3-4,9-11,24-28H2,(H,42,47)/t37-,40-/m1/s1. The van der Waals surface area contributed by atoms with Crippen LogP contribution in [0.15, 0.2) is 113 Å². The molecule has 4 aromatic rings. The molecule has 252 valence electrons. The summed E-state index contributed by atoms with van der Waals surface area (Å²) in [6.07, 6.45) is 5.87. The number of nitrogens with one attached hydrogen (secondary N) is 1. The van der Waals surface area contributed by atoms with Crippen molar-refractivity contribution in [3.63, 3.8) is 0 Å². The lowest BCUT2D eigenvalue weighted by atomic mass is 9.80. The zero-order chi connectivity index (χ0) is 33.9. The normalized spacial score (nSPS) is 19.0. The van der Waals surface area contributed by atoms with Crippen LogP contribution in [-0.2, 0) is 22.5 Å². The number of azide groups is 1. The molecule has 0 unspecified atom stereocenters. The van der Waals surface area contributed by atoms with Gasteiger partial charge in [-0.15, -0.1) is 0 Å². The van der Waals surface area contributed by atoms with Crippen molar-refractivity contribution < 1.29 is 19.4 Å². The van der Waals surface area contributed by atoms with Gasteiger partial charge in [-0.2, -0.15) is 0 Å². The van der Waals surface area contributed by atoms with Crippen molar-refractivity contribution in [2.45, 2.75) is 63.1 Å². The lowest BCUT2D eigenvalue weighted by Gasteiger charge is -2.32. The van der Waals surface area contributed by atoms with E-state index in [1.807, 2.05) is 78.9 Å². The minimum Gasteiger partial charge on any atom is -0.494 e. The summed E-state index contributed by atoms with van der Waals surface area (Å²) in [5, 5.41) is 16.3. The van der Waals surface area contributed by atoms with Gasteiger partial charge in [-0.1, -0.05) is 103 Å². The van der Waals surface area contributed by atoms with Gasteiger partial charge in [0.15, 0.2) is 11.6 Å². The van der Waals surface area contributed by atoms with E-state index in [0.717, 1.165) is 46.2 Å². The zero-order valence-corrected chi connectivity index (χ0v) is 27.7. The Labute approximate surface area is 287 Å². The molecule has 9 nitrogen and oxygen atoms in total. The second-order valence-electron chi connectivity index (χ2n) is 12.8. The van der Waals surface area contributed by atoms with Crippen molar-refractivity contribution in [1.29, 1.82) is 0 Å². The van der Waals surface area contributed by atoms with Gasteiger partial charge in [0.2, 0.25) is 5.90 Å². The van der Waals surface area contributed by atoms with Crippen LogP contribution in [0.2, 0.25) is 0 Å². The molecule has 0 saturated heterocycles. The van der Waals surface area contributed by atoms with Gasteiger partial charge in [0, 0.05) is 36.5 Å². The fourth-order valence-electron chi connectivity index (χ4n) is 6.83. The van der Waals surface area contributed by atoms with Gasteiger partial charge in [-0.05, 0) is 76.4 Å². The van der Waals surface area contributed by atoms with E-state index in [2.05, 4.69) is 39.6 Å². The third kappa shape index (κ3) is 8.13. The first kappa shape index (κ1) is 33.8. The van der Waals surface area contributed by atoms with Crippen molar-refractivity contribution in [1.82, 2.24) is 5.32 Å². The average Bonchev–Trinajstić information content (AvgIpc) is 3.55. The molecule has 1 aliphatic heterocycles. The molecule has 0 bridgehead atoms. The fourth-order valence-corrected chi connectivity index (χ4v) is 6.83. The molecule has 4 aromatic carbocycles. The Kier molecular flexibility index (Phi) is 11.3. The summed E-state index contributed by atoms with van der Waals surface area (Å²) in [6, 6.07) is 33.5. The van der Waals surface area contributed by atoms with Gasteiger partial charge in [0.05, 0.1) is 13.2 Å². The number of aliphatic hydroxyl groups is 1. The number of aliphatic imine (C=N–C) groups is 1. The highest BCUT2D eigenvalue weighted by molar-refractivity contribution is 6.01. The molecule has 49 heavy (non-hydrogen) atoms. The van der Waals surface area contributed by atoms with Gasteiger partial charge in [-0.25, -0.2) is 4.99 Å². The van der Waals surface area contributed by atoms with E-state index in [1.54, 1.807) is 0 Å². The lowest BCUT2D eigenvalue weighted by Crippen LogP contribution is -2.51. The number of amides is 1. The maximum Gasteiger partial charge on any atom is 0.252 e. The van der Waals surface area contributed by atoms with Gasteiger partial charge in [0.1, 0.15) is 5.75 Å². The third-order valence-electron chi connectivity index (χ3n) is 9.51. The van der Waals surface area contributed by atoms with Crippen molar-refractivity contribution >= 4 is 11.8 Å². The van der Waals surface area contributed by atoms with Crippen LogP contribution in [0.25, 0.3) is 21.6 Å². The fraction of sp³-hybridized carbons (Fsp3) is 0.350. The minimum absolute atomic E-state index is 0.0628. The summed E-state index contributed by atoms with van der Waals surface area (Å²) in [5.74, 6) is 1.29. The van der Waals surface area contributed by atoms with Crippen molar-refractivity contribution in [3.8, 4) is 16.9 Å². The summed E-state index contributed by atoms with van der Waals surface area (Å²) < 4.78 is 12.5. The predicted octanol–water partition coefficient (Wildman–Crippen LogP) is 8.12. The van der Waals surface area contributed by atoms with E-state index >= 15 is 0 Å². The molecule has 0 spiro atoms. The Bertz CT molecular complexity index is 1760. The molecule has 1 fully saturated rings. The number of carbonyl (C=O) groups excluding carboxylic acids is 1. The molecule has 9 heteroatoms. The molecule has 1 amide bonds. The Hall–Kier alpha value is -5.11. The third-order valence-corrected chi connectivity index (χ3v) is 9.51. The lowest BCUT2D eigenvalue weighted by molar-refractivity contribution is -0.129. The first-order chi connectivity index (χ1) is 24.1. The summed E-state index contributed by atoms with van der Waals surface area (Å²) in [4.78, 5) is 23.0. The van der Waals surface area contributed by atoms with E-state index in [1.165, 1.54) is 19.3 Å². The average molecular weight is 658 g/mol. The van der Waals surface area contributed by atoms with Gasteiger partial charge in [0.25, 0.3) is 5.91 Å². The van der Waals surface area contributed by atoms with E-state index in [4.69, 9.17) is 25.1 Å². The van der Waals surface area contributed by atoms with Crippen molar-refractivity contribution in [2.75, 3.05) is 19.8 Å². The number of benzene rings is 4. The minimum atomic E-state index is -1.35. The topological polar surface area (TPSA) is 129 Å². The largest absolute Gasteiger partial charge is 0.494 e. The monoisotopic (exact) mass is 657 g/mol. The van der Waals surface area contributed by atoms with Gasteiger partial charge >= 0.3 is 0 Å². The maximum atomic E-state index is 14.8. The van der Waals surface area contributed by atoms with Crippen LogP contribution in [-0.4, -0.2) is 42.2 Å². The van der Waals surface area contributed by atoms with Crippen molar-refractivity contribution in [3.05, 3.63) is 136 Å². The van der Waals surface area contributed by atoms with Crippen LogP contribution in [0.4, 0.5) is 0 Å². The molecular weight excluding hydrogens is 614 g/mol. The van der Waals surface area contributed by atoms with Crippen molar-refractivity contribution in [2.24, 2.45) is 16.0 Å². The van der Waals surface area contributed by atoms with E-state index in [-0.39, 0.29) is 25.5 Å². The Morgan fingerprint density at radius 1 is 0.898 bits per heavy atom. The van der Waals surface area contributed by atoms with Crippen LogP contribution in [0.3, 0.4) is 0 Å². The second-order valence-corrected chi connectivity index (χ2v) is 12.8. The SMILES string of the molecule is [N-]=[N+]=NCc1ccccc1C[C@@]1(C(=O)NCC2CCCCC2)N=C(c2ccc(OCCCO)cc2)O[C@@H]1c1ccc(-c2ccccc2)cc1. The Balaban J connectivity index is 1.41. The van der Waals surface area contributed by atoms with E-state index in [9.17, 15) is 4.79 Å². The first-order valence-corrected chi connectivity index (χ1v) is 17.2. The molecule has 1 aliphatic carbocycles. The maximum absolute atomic E-state index is 14.8. The van der Waals surface area contributed by atoms with Crippen LogP contribution < -0.4 is 10.1 Å². The molecule has 2 N–H and O–H groups in total. The number of carbonyl (C=O) groups is 1. The molecule has 0 radical (unpaired) electrons. The summed E-state index contributed by atoms with van der Waals surface area (Å²) in [7, 11) is 0. The van der Waals surface area contributed by atoms with Crippen LogP contribution in [0.5, 0.6) is 5.75 Å². The van der Waals surface area contributed by atoms with E-state index in [0.29, 0.717) is 37.1 Å². The highest BCUT2D eigenvalue weighted by atomic mass is 16.5. The second kappa shape index (κ2) is 16.3. The number of aliphatic hydroxyl groups excluding tert-OH is 1. The number of hydrogen-bond acceptors (Lipinski definition) is 6. The number of hydrogen-bond donors (Lipinski definition) is 2. The highest BCUT2D eigenvalue weighted by Crippen LogP contribution is 2.43. The van der Waals surface area contributed by atoms with Gasteiger partial charge in [-0.3, -0.25) is 4.79 Å². The van der Waals surface area contributed by atoms with Crippen LogP contribution >= 0.6 is 0 Å². The first-order valence-electron chi connectivity index (χ1n) is 17.2. The summed E-state index contributed by atoms with van der Waals surface area (Å²) >= 11 is 0. The molecule has 6 rings (SSSR count). The smallest absolute Gasteiger partial charge is 0.252 e. The van der Waals surface area contributed by atoms with Gasteiger partial charge < -0.3 is 19.9 Å².